The van der Waals surface area contributed by atoms with Crippen LogP contribution in [0.4, 0.5) is 0 Å². The summed E-state index contributed by atoms with van der Waals surface area (Å²) in [6, 6.07) is 8.72. The summed E-state index contributed by atoms with van der Waals surface area (Å²) >= 11 is 0. The van der Waals surface area contributed by atoms with Crippen molar-refractivity contribution in [2.75, 3.05) is 13.6 Å². The third-order valence-corrected chi connectivity index (χ3v) is 3.56. The molecule has 0 fully saturated rings. The molecule has 0 saturated carbocycles. The van der Waals surface area contributed by atoms with Gasteiger partial charge in [-0.1, -0.05) is 36.8 Å². The Labute approximate surface area is 105 Å². The molecule has 0 amide bonds. The predicted octanol–water partition coefficient (Wildman–Crippen LogP) is 3.15. The van der Waals surface area contributed by atoms with Crippen molar-refractivity contribution < 1.29 is 5.11 Å². The van der Waals surface area contributed by atoms with E-state index < -0.39 is 0 Å². The Morgan fingerprint density at radius 1 is 1.24 bits per heavy atom. The zero-order valence-electron chi connectivity index (χ0n) is 11.5. The van der Waals surface area contributed by atoms with Gasteiger partial charge in [-0.25, -0.2) is 0 Å². The van der Waals surface area contributed by atoms with Gasteiger partial charge in [0.1, 0.15) is 0 Å². The van der Waals surface area contributed by atoms with Crippen molar-refractivity contribution in [1.29, 1.82) is 0 Å². The van der Waals surface area contributed by atoms with Crippen LogP contribution < -0.4 is 0 Å². The third kappa shape index (κ3) is 4.49. The van der Waals surface area contributed by atoms with Crippen LogP contribution in [0, 0.1) is 6.92 Å². The molecule has 2 nitrogen and oxygen atoms in total. The van der Waals surface area contributed by atoms with Crippen molar-refractivity contribution in [3.05, 3.63) is 35.4 Å². The lowest BCUT2D eigenvalue weighted by Gasteiger charge is -2.24. The Kier molecular flexibility index (Phi) is 5.66. The average Bonchev–Trinajstić information content (AvgIpc) is 2.35. The zero-order valence-corrected chi connectivity index (χ0v) is 11.5. The molecule has 1 aromatic rings. The molecule has 1 N–H and O–H groups in total. The number of aliphatic hydroxyl groups is 1. The van der Waals surface area contributed by atoms with Gasteiger partial charge in [0.2, 0.25) is 0 Å². The fourth-order valence-electron chi connectivity index (χ4n) is 1.81. The van der Waals surface area contributed by atoms with Gasteiger partial charge in [0, 0.05) is 12.6 Å². The van der Waals surface area contributed by atoms with E-state index in [0.29, 0.717) is 6.04 Å². The SMILES string of the molecule is CCC(C)N(C)CCC(O)c1ccc(C)cc1. The molecule has 0 radical (unpaired) electrons. The molecule has 0 aliphatic carbocycles. The molecule has 17 heavy (non-hydrogen) atoms. The highest BCUT2D eigenvalue weighted by molar-refractivity contribution is 5.22. The largest absolute Gasteiger partial charge is 0.388 e. The van der Waals surface area contributed by atoms with Crippen molar-refractivity contribution in [2.45, 2.75) is 45.8 Å². The summed E-state index contributed by atoms with van der Waals surface area (Å²) in [6.07, 6.45) is 1.60. The zero-order chi connectivity index (χ0) is 12.8. The minimum absolute atomic E-state index is 0.345. The predicted molar refractivity (Wildman–Crippen MR) is 73.1 cm³/mol. The van der Waals surface area contributed by atoms with Crippen LogP contribution in [-0.4, -0.2) is 29.6 Å². The van der Waals surface area contributed by atoms with Crippen LogP contribution in [0.15, 0.2) is 24.3 Å². The first-order valence-corrected chi connectivity index (χ1v) is 6.49. The minimum Gasteiger partial charge on any atom is -0.388 e. The molecule has 0 aliphatic rings. The molecule has 0 aromatic heterocycles. The lowest BCUT2D eigenvalue weighted by Crippen LogP contribution is -2.30. The average molecular weight is 235 g/mol. The number of aryl methyl sites for hydroxylation is 1. The van der Waals surface area contributed by atoms with Crippen LogP contribution in [0.2, 0.25) is 0 Å². The van der Waals surface area contributed by atoms with Gasteiger partial charge in [-0.2, -0.15) is 0 Å². The van der Waals surface area contributed by atoms with Gasteiger partial charge < -0.3 is 10.0 Å². The van der Waals surface area contributed by atoms with Gasteiger partial charge in [0.15, 0.2) is 0 Å². The molecule has 0 saturated heterocycles. The molecule has 2 atom stereocenters. The first-order chi connectivity index (χ1) is 8.04. The smallest absolute Gasteiger partial charge is 0.0802 e. The van der Waals surface area contributed by atoms with Crippen LogP contribution in [0.3, 0.4) is 0 Å². The Morgan fingerprint density at radius 3 is 2.35 bits per heavy atom. The van der Waals surface area contributed by atoms with E-state index in [2.05, 4.69) is 44.9 Å². The monoisotopic (exact) mass is 235 g/mol. The number of hydrogen-bond acceptors (Lipinski definition) is 2. The van der Waals surface area contributed by atoms with Crippen LogP contribution in [0.1, 0.15) is 43.9 Å². The van der Waals surface area contributed by atoms with E-state index in [1.54, 1.807) is 0 Å². The second-order valence-corrected chi connectivity index (χ2v) is 4.95. The number of nitrogens with zero attached hydrogens (tertiary/aromatic N) is 1. The van der Waals surface area contributed by atoms with E-state index in [0.717, 1.165) is 24.9 Å². The molecule has 2 unspecified atom stereocenters. The maximum atomic E-state index is 10.1. The number of aliphatic hydroxyl groups excluding tert-OH is 1. The second kappa shape index (κ2) is 6.77. The lowest BCUT2D eigenvalue weighted by molar-refractivity contribution is 0.138. The molecule has 0 bridgehead atoms. The number of hydrogen-bond donors (Lipinski definition) is 1. The van der Waals surface area contributed by atoms with E-state index in [1.807, 2.05) is 12.1 Å². The van der Waals surface area contributed by atoms with Crippen molar-refractivity contribution >= 4 is 0 Å². The first-order valence-electron chi connectivity index (χ1n) is 6.49. The maximum absolute atomic E-state index is 10.1. The standard InChI is InChI=1S/C15H25NO/c1-5-13(3)16(4)11-10-15(17)14-8-6-12(2)7-9-14/h6-9,13,15,17H,5,10-11H2,1-4H3. The van der Waals surface area contributed by atoms with Gasteiger partial charge in [0.25, 0.3) is 0 Å². The summed E-state index contributed by atoms with van der Waals surface area (Å²) in [5.41, 5.74) is 2.26. The van der Waals surface area contributed by atoms with E-state index in [4.69, 9.17) is 0 Å². The minimum atomic E-state index is -0.345. The van der Waals surface area contributed by atoms with Crippen molar-refractivity contribution in [1.82, 2.24) is 4.90 Å². The quantitative estimate of drug-likeness (QED) is 0.818. The molecule has 1 aromatic carbocycles. The molecular weight excluding hydrogens is 210 g/mol. The number of rotatable bonds is 6. The lowest BCUT2D eigenvalue weighted by atomic mass is 10.0. The summed E-state index contributed by atoms with van der Waals surface area (Å²) in [5.74, 6) is 0. The summed E-state index contributed by atoms with van der Waals surface area (Å²) in [7, 11) is 2.12. The fraction of sp³-hybridized carbons (Fsp3) is 0.600. The van der Waals surface area contributed by atoms with Gasteiger partial charge in [-0.05, 0) is 39.3 Å². The van der Waals surface area contributed by atoms with Gasteiger partial charge in [-0.3, -0.25) is 0 Å². The fourth-order valence-corrected chi connectivity index (χ4v) is 1.81. The summed E-state index contributed by atoms with van der Waals surface area (Å²) in [4.78, 5) is 2.30. The van der Waals surface area contributed by atoms with Crippen molar-refractivity contribution in [3.8, 4) is 0 Å². The van der Waals surface area contributed by atoms with Crippen LogP contribution in [0.5, 0.6) is 0 Å². The maximum Gasteiger partial charge on any atom is 0.0802 e. The second-order valence-electron chi connectivity index (χ2n) is 4.95. The Balaban J connectivity index is 2.44. The van der Waals surface area contributed by atoms with E-state index in [-0.39, 0.29) is 6.10 Å². The Bertz CT molecular complexity index is 320. The van der Waals surface area contributed by atoms with Crippen LogP contribution in [0.25, 0.3) is 0 Å². The molecule has 1 rings (SSSR count). The van der Waals surface area contributed by atoms with E-state index in [1.165, 1.54) is 5.56 Å². The summed E-state index contributed by atoms with van der Waals surface area (Å²) in [5, 5.41) is 10.1. The topological polar surface area (TPSA) is 23.5 Å². The Morgan fingerprint density at radius 2 is 1.82 bits per heavy atom. The molecule has 0 heterocycles. The molecular formula is C15H25NO. The van der Waals surface area contributed by atoms with Crippen LogP contribution >= 0.6 is 0 Å². The number of benzene rings is 1. The molecule has 0 spiro atoms. The third-order valence-electron chi connectivity index (χ3n) is 3.56. The van der Waals surface area contributed by atoms with Gasteiger partial charge >= 0.3 is 0 Å². The van der Waals surface area contributed by atoms with Crippen LogP contribution in [-0.2, 0) is 0 Å². The molecule has 2 heteroatoms. The first kappa shape index (κ1) is 14.2. The van der Waals surface area contributed by atoms with Gasteiger partial charge in [-0.15, -0.1) is 0 Å². The summed E-state index contributed by atoms with van der Waals surface area (Å²) in [6.45, 7) is 7.41. The van der Waals surface area contributed by atoms with E-state index >= 15 is 0 Å². The van der Waals surface area contributed by atoms with Crippen molar-refractivity contribution in [2.24, 2.45) is 0 Å². The highest BCUT2D eigenvalue weighted by atomic mass is 16.3. The summed E-state index contributed by atoms with van der Waals surface area (Å²) < 4.78 is 0. The van der Waals surface area contributed by atoms with Crippen molar-refractivity contribution in [3.63, 3.8) is 0 Å². The molecule has 0 aliphatic heterocycles. The molecule has 96 valence electrons. The van der Waals surface area contributed by atoms with E-state index in [9.17, 15) is 5.11 Å². The highest BCUT2D eigenvalue weighted by Crippen LogP contribution is 2.17. The highest BCUT2D eigenvalue weighted by Gasteiger charge is 2.11. The Hall–Kier alpha value is -0.860. The van der Waals surface area contributed by atoms with Gasteiger partial charge in [0.05, 0.1) is 6.10 Å². The normalized spacial score (nSPS) is 14.9.